The van der Waals surface area contributed by atoms with Crippen molar-refractivity contribution in [3.63, 3.8) is 0 Å². The van der Waals surface area contributed by atoms with Crippen LogP contribution in [-0.4, -0.2) is 13.1 Å². The second kappa shape index (κ2) is 6.39. The molecule has 100 valence electrons. The topological polar surface area (TPSA) is 59.3 Å². The fourth-order valence-electron chi connectivity index (χ4n) is 1.76. The second-order valence-electron chi connectivity index (χ2n) is 4.07. The molecule has 4 heteroatoms. The maximum atomic E-state index is 11.5. The van der Waals surface area contributed by atoms with Crippen LogP contribution < -0.4 is 4.74 Å². The summed E-state index contributed by atoms with van der Waals surface area (Å²) < 4.78 is 10.3. The first kappa shape index (κ1) is 13.6. The molecule has 0 aliphatic rings. The van der Waals surface area contributed by atoms with Crippen molar-refractivity contribution in [3.8, 4) is 17.6 Å². The molecule has 0 N–H and O–H groups in total. The SMILES string of the molecule is COC(=O)C(C#N)c1cccc(Oc2ccccc2)c1. The standard InChI is InChI=1S/C16H13NO3/c1-19-16(18)15(11-17)12-6-5-9-14(10-12)20-13-7-3-2-4-8-13/h2-10,15H,1H3. The number of para-hydroxylation sites is 1. The van der Waals surface area contributed by atoms with E-state index in [-0.39, 0.29) is 0 Å². The van der Waals surface area contributed by atoms with Gasteiger partial charge in [-0.05, 0) is 29.8 Å². The Morgan fingerprint density at radius 1 is 1.10 bits per heavy atom. The molecular formula is C16H13NO3. The molecule has 2 rings (SSSR count). The lowest BCUT2D eigenvalue weighted by Crippen LogP contribution is -2.12. The molecule has 20 heavy (non-hydrogen) atoms. The molecular weight excluding hydrogens is 254 g/mol. The van der Waals surface area contributed by atoms with E-state index in [1.165, 1.54) is 7.11 Å². The molecule has 0 heterocycles. The Morgan fingerprint density at radius 3 is 2.45 bits per heavy atom. The predicted molar refractivity (Wildman–Crippen MR) is 73.3 cm³/mol. The van der Waals surface area contributed by atoms with Gasteiger partial charge in [-0.15, -0.1) is 0 Å². The molecule has 0 aromatic heterocycles. The monoisotopic (exact) mass is 267 g/mol. The number of benzene rings is 2. The van der Waals surface area contributed by atoms with E-state index in [9.17, 15) is 4.79 Å². The molecule has 2 aromatic rings. The second-order valence-corrected chi connectivity index (χ2v) is 4.07. The lowest BCUT2D eigenvalue weighted by atomic mass is 10.0. The van der Waals surface area contributed by atoms with Crippen LogP contribution in [0.1, 0.15) is 11.5 Å². The number of nitriles is 1. The van der Waals surface area contributed by atoms with Gasteiger partial charge >= 0.3 is 5.97 Å². The zero-order valence-electron chi connectivity index (χ0n) is 10.9. The minimum atomic E-state index is -0.945. The van der Waals surface area contributed by atoms with Crippen molar-refractivity contribution in [2.45, 2.75) is 5.92 Å². The van der Waals surface area contributed by atoms with Crippen molar-refractivity contribution in [2.75, 3.05) is 7.11 Å². The summed E-state index contributed by atoms with van der Waals surface area (Å²) in [5.74, 6) is -0.266. The van der Waals surface area contributed by atoms with Crippen LogP contribution in [0.25, 0.3) is 0 Å². The van der Waals surface area contributed by atoms with Crippen molar-refractivity contribution in [1.82, 2.24) is 0 Å². The van der Waals surface area contributed by atoms with E-state index in [0.717, 1.165) is 0 Å². The van der Waals surface area contributed by atoms with Crippen molar-refractivity contribution < 1.29 is 14.3 Å². The Morgan fingerprint density at radius 2 is 1.80 bits per heavy atom. The first-order valence-corrected chi connectivity index (χ1v) is 6.05. The third-order valence-electron chi connectivity index (χ3n) is 2.74. The zero-order chi connectivity index (χ0) is 14.4. The fourth-order valence-corrected chi connectivity index (χ4v) is 1.76. The zero-order valence-corrected chi connectivity index (χ0v) is 10.9. The summed E-state index contributed by atoms with van der Waals surface area (Å²) in [6, 6.07) is 18.1. The largest absolute Gasteiger partial charge is 0.468 e. The van der Waals surface area contributed by atoms with E-state index in [1.54, 1.807) is 24.3 Å². The van der Waals surface area contributed by atoms with Gasteiger partial charge in [0.2, 0.25) is 0 Å². The molecule has 0 spiro atoms. The average molecular weight is 267 g/mol. The van der Waals surface area contributed by atoms with Gasteiger partial charge in [-0.25, -0.2) is 0 Å². The van der Waals surface area contributed by atoms with E-state index in [4.69, 9.17) is 10.00 Å². The van der Waals surface area contributed by atoms with Crippen LogP contribution >= 0.6 is 0 Å². The lowest BCUT2D eigenvalue weighted by Gasteiger charge is -2.10. The Balaban J connectivity index is 2.24. The number of carbonyl (C=O) groups is 1. The summed E-state index contributed by atoms with van der Waals surface area (Å²) >= 11 is 0. The third kappa shape index (κ3) is 3.15. The Bertz CT molecular complexity index is 632. The van der Waals surface area contributed by atoms with Gasteiger partial charge in [-0.2, -0.15) is 5.26 Å². The highest BCUT2D eigenvalue weighted by molar-refractivity contribution is 5.81. The molecule has 0 fully saturated rings. The van der Waals surface area contributed by atoms with Crippen molar-refractivity contribution in [2.24, 2.45) is 0 Å². The summed E-state index contributed by atoms with van der Waals surface area (Å²) in [7, 11) is 1.26. The number of rotatable bonds is 4. The molecule has 0 amide bonds. The van der Waals surface area contributed by atoms with Gasteiger partial charge in [0, 0.05) is 0 Å². The quantitative estimate of drug-likeness (QED) is 0.798. The van der Waals surface area contributed by atoms with Gasteiger partial charge in [-0.3, -0.25) is 4.79 Å². The van der Waals surface area contributed by atoms with Gasteiger partial charge in [0.05, 0.1) is 13.2 Å². The first-order valence-electron chi connectivity index (χ1n) is 6.05. The van der Waals surface area contributed by atoms with E-state index in [0.29, 0.717) is 17.1 Å². The van der Waals surface area contributed by atoms with Gasteiger partial charge in [-0.1, -0.05) is 30.3 Å². The molecule has 0 bridgehead atoms. The van der Waals surface area contributed by atoms with Crippen LogP contribution in [0.5, 0.6) is 11.5 Å². The van der Waals surface area contributed by atoms with Crippen molar-refractivity contribution in [3.05, 3.63) is 60.2 Å². The van der Waals surface area contributed by atoms with Crippen LogP contribution in [0.15, 0.2) is 54.6 Å². The van der Waals surface area contributed by atoms with Crippen LogP contribution in [0.4, 0.5) is 0 Å². The fraction of sp³-hybridized carbons (Fsp3) is 0.125. The maximum absolute atomic E-state index is 11.5. The lowest BCUT2D eigenvalue weighted by molar-refractivity contribution is -0.140. The summed E-state index contributed by atoms with van der Waals surface area (Å²) in [6.45, 7) is 0. The Hall–Kier alpha value is -2.80. The number of hydrogen-bond acceptors (Lipinski definition) is 4. The molecule has 0 radical (unpaired) electrons. The highest BCUT2D eigenvalue weighted by atomic mass is 16.5. The van der Waals surface area contributed by atoms with E-state index in [2.05, 4.69) is 4.74 Å². The summed E-state index contributed by atoms with van der Waals surface area (Å²) in [4.78, 5) is 11.5. The Kier molecular flexibility index (Phi) is 4.35. The number of hydrogen-bond donors (Lipinski definition) is 0. The summed E-state index contributed by atoms with van der Waals surface area (Å²) in [5, 5.41) is 9.07. The van der Waals surface area contributed by atoms with E-state index in [1.807, 2.05) is 36.4 Å². The number of esters is 1. The van der Waals surface area contributed by atoms with Gasteiger partial charge < -0.3 is 9.47 Å². The average Bonchev–Trinajstić information content (AvgIpc) is 2.49. The molecule has 1 unspecified atom stereocenters. The van der Waals surface area contributed by atoms with Crippen LogP contribution in [0, 0.1) is 11.3 Å². The van der Waals surface area contributed by atoms with E-state index < -0.39 is 11.9 Å². The Labute approximate surface area is 117 Å². The van der Waals surface area contributed by atoms with Crippen LogP contribution in [0.2, 0.25) is 0 Å². The summed E-state index contributed by atoms with van der Waals surface area (Å²) in [6.07, 6.45) is 0. The predicted octanol–water partition coefficient (Wildman–Crippen LogP) is 3.26. The van der Waals surface area contributed by atoms with E-state index >= 15 is 0 Å². The number of ether oxygens (including phenoxy) is 2. The molecule has 0 aliphatic carbocycles. The number of carbonyl (C=O) groups excluding carboxylic acids is 1. The molecule has 1 atom stereocenters. The van der Waals surface area contributed by atoms with Crippen molar-refractivity contribution >= 4 is 5.97 Å². The molecule has 0 saturated carbocycles. The van der Waals surface area contributed by atoms with Gasteiger partial charge in [0.1, 0.15) is 11.5 Å². The first-order chi connectivity index (χ1) is 9.74. The highest BCUT2D eigenvalue weighted by Crippen LogP contribution is 2.25. The van der Waals surface area contributed by atoms with Gasteiger partial charge in [0.25, 0.3) is 0 Å². The minimum absolute atomic E-state index is 0.549. The number of methoxy groups -OCH3 is 1. The minimum Gasteiger partial charge on any atom is -0.468 e. The molecule has 4 nitrogen and oxygen atoms in total. The number of nitrogens with zero attached hydrogens (tertiary/aromatic N) is 1. The summed E-state index contributed by atoms with van der Waals surface area (Å²) in [5.41, 5.74) is 0.549. The third-order valence-corrected chi connectivity index (χ3v) is 2.74. The maximum Gasteiger partial charge on any atom is 0.327 e. The van der Waals surface area contributed by atoms with Crippen molar-refractivity contribution in [1.29, 1.82) is 5.26 Å². The van der Waals surface area contributed by atoms with Crippen LogP contribution in [0.3, 0.4) is 0 Å². The smallest absolute Gasteiger partial charge is 0.327 e. The molecule has 2 aromatic carbocycles. The van der Waals surface area contributed by atoms with Crippen LogP contribution in [-0.2, 0) is 9.53 Å². The highest BCUT2D eigenvalue weighted by Gasteiger charge is 2.21. The van der Waals surface area contributed by atoms with Gasteiger partial charge in [0.15, 0.2) is 5.92 Å². The normalized spacial score (nSPS) is 11.2. The molecule has 0 aliphatic heterocycles. The molecule has 0 saturated heterocycles.